The summed E-state index contributed by atoms with van der Waals surface area (Å²) in [7, 11) is 0. The molecule has 1 aromatic rings. The second-order valence-corrected chi connectivity index (χ2v) is 7.26. The number of ether oxygens (including phenoxy) is 1. The molecule has 4 heteroatoms. The SMILES string of the molecule is CC1(C)Oc2ccccc2C(NC(CO)CC2=CC=CC=CC2)C1O. The van der Waals surface area contributed by atoms with Crippen LogP contribution in [-0.4, -0.2) is 34.6 Å². The molecule has 0 aromatic heterocycles. The number of aliphatic hydroxyl groups excluding tert-OH is 2. The second kappa shape index (κ2) is 7.56. The van der Waals surface area contributed by atoms with Gasteiger partial charge in [-0.15, -0.1) is 0 Å². The van der Waals surface area contributed by atoms with Crippen LogP contribution in [0.3, 0.4) is 0 Å². The Bertz CT molecular complexity index is 690. The summed E-state index contributed by atoms with van der Waals surface area (Å²) in [5, 5.41) is 24.2. The minimum absolute atomic E-state index is 0.0114. The minimum Gasteiger partial charge on any atom is -0.485 e. The Morgan fingerprint density at radius 3 is 2.84 bits per heavy atom. The molecular weight excluding hydrogens is 314 g/mol. The zero-order valence-corrected chi connectivity index (χ0v) is 14.9. The van der Waals surface area contributed by atoms with Crippen LogP contribution < -0.4 is 10.1 Å². The quantitative estimate of drug-likeness (QED) is 0.770. The first kappa shape index (κ1) is 17.9. The Morgan fingerprint density at radius 1 is 1.24 bits per heavy atom. The van der Waals surface area contributed by atoms with Crippen molar-refractivity contribution in [2.45, 2.75) is 50.5 Å². The summed E-state index contributed by atoms with van der Waals surface area (Å²) < 4.78 is 5.96. The summed E-state index contributed by atoms with van der Waals surface area (Å²) in [4.78, 5) is 0. The van der Waals surface area contributed by atoms with Crippen molar-refractivity contribution >= 4 is 0 Å². The zero-order chi connectivity index (χ0) is 17.9. The van der Waals surface area contributed by atoms with Crippen LogP contribution in [-0.2, 0) is 0 Å². The second-order valence-electron chi connectivity index (χ2n) is 7.26. The molecule has 3 N–H and O–H groups in total. The van der Waals surface area contributed by atoms with E-state index in [1.807, 2.05) is 56.3 Å². The molecule has 4 nitrogen and oxygen atoms in total. The van der Waals surface area contributed by atoms with Gasteiger partial charge in [0.1, 0.15) is 17.5 Å². The third-order valence-electron chi connectivity index (χ3n) is 4.87. The van der Waals surface area contributed by atoms with Crippen LogP contribution in [0, 0.1) is 0 Å². The maximum atomic E-state index is 10.8. The van der Waals surface area contributed by atoms with E-state index in [9.17, 15) is 10.2 Å². The molecule has 0 fully saturated rings. The highest BCUT2D eigenvalue weighted by Crippen LogP contribution is 2.40. The van der Waals surface area contributed by atoms with Gasteiger partial charge >= 0.3 is 0 Å². The van der Waals surface area contributed by atoms with Crippen molar-refractivity contribution in [2.24, 2.45) is 0 Å². The lowest BCUT2D eigenvalue weighted by atomic mass is 9.86. The lowest BCUT2D eigenvalue weighted by Crippen LogP contribution is -2.54. The molecule has 0 amide bonds. The fourth-order valence-corrected chi connectivity index (χ4v) is 3.45. The van der Waals surface area contributed by atoms with Gasteiger partial charge in [-0.2, -0.15) is 0 Å². The number of rotatable bonds is 5. The number of fused-ring (bicyclic) bond motifs is 1. The van der Waals surface area contributed by atoms with Gasteiger partial charge in [-0.05, 0) is 32.8 Å². The average Bonchev–Trinajstić information content (AvgIpc) is 2.86. The third kappa shape index (κ3) is 4.03. The monoisotopic (exact) mass is 341 g/mol. The largest absolute Gasteiger partial charge is 0.485 e. The lowest BCUT2D eigenvalue weighted by Gasteiger charge is -2.43. The topological polar surface area (TPSA) is 61.7 Å². The molecule has 1 aliphatic heterocycles. The van der Waals surface area contributed by atoms with Crippen LogP contribution in [0.2, 0.25) is 0 Å². The molecule has 1 heterocycles. The lowest BCUT2D eigenvalue weighted by molar-refractivity contribution is -0.0674. The van der Waals surface area contributed by atoms with Crippen LogP contribution in [0.15, 0.2) is 60.2 Å². The number of aliphatic hydroxyl groups is 2. The Hall–Kier alpha value is -1.88. The van der Waals surface area contributed by atoms with E-state index in [2.05, 4.69) is 17.5 Å². The molecule has 2 aliphatic rings. The summed E-state index contributed by atoms with van der Waals surface area (Å²) in [6.07, 6.45) is 11.2. The number of allylic oxidation sites excluding steroid dienone is 5. The highest BCUT2D eigenvalue weighted by atomic mass is 16.5. The molecule has 0 bridgehead atoms. The van der Waals surface area contributed by atoms with Crippen molar-refractivity contribution in [3.8, 4) is 5.75 Å². The van der Waals surface area contributed by atoms with E-state index in [1.54, 1.807) is 0 Å². The predicted octanol–water partition coefficient (Wildman–Crippen LogP) is 3.04. The molecule has 1 aromatic carbocycles. The summed E-state index contributed by atoms with van der Waals surface area (Å²) in [5.74, 6) is 0.784. The molecule has 3 unspecified atom stereocenters. The van der Waals surface area contributed by atoms with Crippen LogP contribution >= 0.6 is 0 Å². The molecule has 0 saturated heterocycles. The van der Waals surface area contributed by atoms with Gasteiger partial charge in [0.2, 0.25) is 0 Å². The fraction of sp³-hybridized carbons (Fsp3) is 0.429. The highest BCUT2D eigenvalue weighted by Gasteiger charge is 2.43. The third-order valence-corrected chi connectivity index (χ3v) is 4.87. The summed E-state index contributed by atoms with van der Waals surface area (Å²) in [6, 6.07) is 7.36. The molecule has 0 radical (unpaired) electrons. The van der Waals surface area contributed by atoms with Crippen LogP contribution in [0.25, 0.3) is 0 Å². The van der Waals surface area contributed by atoms with Crippen molar-refractivity contribution < 1.29 is 14.9 Å². The maximum Gasteiger partial charge on any atom is 0.131 e. The zero-order valence-electron chi connectivity index (χ0n) is 14.9. The Balaban J connectivity index is 1.80. The van der Waals surface area contributed by atoms with Gasteiger partial charge in [-0.1, -0.05) is 54.2 Å². The summed E-state index contributed by atoms with van der Waals surface area (Å²) >= 11 is 0. The molecule has 25 heavy (non-hydrogen) atoms. The first-order valence-electron chi connectivity index (χ1n) is 8.85. The Labute approximate surface area is 149 Å². The standard InChI is InChI=1S/C21H27NO3/c1-21(2)20(24)19(17-11-7-8-12-18(17)25-21)22-16(14-23)13-15-9-5-3-4-6-10-15/h3-9,11-12,16,19-20,22-24H,10,13-14H2,1-2H3. The van der Waals surface area contributed by atoms with Crippen molar-refractivity contribution in [2.75, 3.05) is 6.61 Å². The van der Waals surface area contributed by atoms with E-state index >= 15 is 0 Å². The van der Waals surface area contributed by atoms with Crippen molar-refractivity contribution in [3.05, 3.63) is 65.8 Å². The van der Waals surface area contributed by atoms with Crippen LogP contribution in [0.5, 0.6) is 5.75 Å². The molecule has 0 spiro atoms. The van der Waals surface area contributed by atoms with Crippen LogP contribution in [0.1, 0.15) is 38.3 Å². The van der Waals surface area contributed by atoms with E-state index in [0.717, 1.165) is 24.2 Å². The Kier molecular flexibility index (Phi) is 5.42. The van der Waals surface area contributed by atoms with E-state index in [-0.39, 0.29) is 18.7 Å². The molecule has 3 atom stereocenters. The first-order chi connectivity index (χ1) is 12.0. The minimum atomic E-state index is -0.709. The molecular formula is C21H27NO3. The van der Waals surface area contributed by atoms with E-state index in [1.165, 1.54) is 5.57 Å². The number of para-hydroxylation sites is 1. The molecule has 3 rings (SSSR count). The van der Waals surface area contributed by atoms with E-state index < -0.39 is 11.7 Å². The predicted molar refractivity (Wildman–Crippen MR) is 99.5 cm³/mol. The number of hydrogen-bond acceptors (Lipinski definition) is 4. The van der Waals surface area contributed by atoms with Gasteiger partial charge in [0.15, 0.2) is 0 Å². The number of benzene rings is 1. The summed E-state index contributed by atoms with van der Waals surface area (Å²) in [5.41, 5.74) is 1.49. The number of nitrogens with one attached hydrogen (secondary N) is 1. The highest BCUT2D eigenvalue weighted by molar-refractivity contribution is 5.40. The fourth-order valence-electron chi connectivity index (χ4n) is 3.45. The van der Waals surface area contributed by atoms with Gasteiger partial charge < -0.3 is 20.3 Å². The van der Waals surface area contributed by atoms with E-state index in [0.29, 0.717) is 0 Å². The van der Waals surface area contributed by atoms with Gasteiger partial charge in [-0.25, -0.2) is 0 Å². The average molecular weight is 341 g/mol. The number of hydrogen-bond donors (Lipinski definition) is 3. The van der Waals surface area contributed by atoms with E-state index in [4.69, 9.17) is 4.74 Å². The van der Waals surface area contributed by atoms with Crippen molar-refractivity contribution in [1.29, 1.82) is 0 Å². The summed E-state index contributed by atoms with van der Waals surface area (Å²) in [6.45, 7) is 3.79. The molecule has 0 saturated carbocycles. The van der Waals surface area contributed by atoms with Crippen molar-refractivity contribution in [3.63, 3.8) is 0 Å². The van der Waals surface area contributed by atoms with Gasteiger partial charge in [0.05, 0.1) is 12.6 Å². The molecule has 1 aliphatic carbocycles. The van der Waals surface area contributed by atoms with Crippen molar-refractivity contribution in [1.82, 2.24) is 5.32 Å². The maximum absolute atomic E-state index is 10.8. The van der Waals surface area contributed by atoms with Gasteiger partial charge in [0.25, 0.3) is 0 Å². The first-order valence-corrected chi connectivity index (χ1v) is 8.85. The molecule has 134 valence electrons. The van der Waals surface area contributed by atoms with Crippen LogP contribution in [0.4, 0.5) is 0 Å². The van der Waals surface area contributed by atoms with Gasteiger partial charge in [0, 0.05) is 11.6 Å². The smallest absolute Gasteiger partial charge is 0.131 e. The Morgan fingerprint density at radius 2 is 2.04 bits per heavy atom. The normalized spacial score (nSPS) is 25.5. The van der Waals surface area contributed by atoms with Gasteiger partial charge in [-0.3, -0.25) is 0 Å².